The molecule has 0 aliphatic carbocycles. The van der Waals surface area contributed by atoms with Crippen molar-refractivity contribution in [1.82, 2.24) is 14.3 Å². The van der Waals surface area contributed by atoms with E-state index in [2.05, 4.69) is 25.9 Å². The third-order valence-corrected chi connectivity index (χ3v) is 4.75. The number of fused-ring (bicyclic) bond motifs is 2. The molecule has 0 spiro atoms. The van der Waals surface area contributed by atoms with Crippen LogP contribution in [0.4, 0.5) is 10.1 Å². The molecule has 1 aliphatic rings. The summed E-state index contributed by atoms with van der Waals surface area (Å²) in [5, 5.41) is 5.73. The summed E-state index contributed by atoms with van der Waals surface area (Å²) in [5.74, 6) is 0.496. The summed E-state index contributed by atoms with van der Waals surface area (Å²) in [6.45, 7) is 1.81. The first-order valence-corrected chi connectivity index (χ1v) is 8.09. The highest BCUT2D eigenvalue weighted by molar-refractivity contribution is 9.10. The van der Waals surface area contributed by atoms with E-state index in [-0.39, 0.29) is 11.5 Å². The zero-order valence-corrected chi connectivity index (χ0v) is 14.0. The van der Waals surface area contributed by atoms with E-state index in [4.69, 9.17) is 0 Å². The number of hydrogen-bond acceptors (Lipinski definition) is 3. The van der Waals surface area contributed by atoms with Crippen LogP contribution >= 0.6 is 15.9 Å². The Labute approximate surface area is 140 Å². The van der Waals surface area contributed by atoms with Gasteiger partial charge in [0, 0.05) is 41.1 Å². The number of nitrogens with zero attached hydrogens (tertiary/aromatic N) is 4. The minimum Gasteiger partial charge on any atom is -0.362 e. The van der Waals surface area contributed by atoms with Crippen LogP contribution in [0.3, 0.4) is 0 Å². The second-order valence-electron chi connectivity index (χ2n) is 5.65. The molecule has 0 radical (unpaired) electrons. The molecule has 0 saturated carbocycles. The van der Waals surface area contributed by atoms with Gasteiger partial charge in [0.15, 0.2) is 5.82 Å². The van der Waals surface area contributed by atoms with Crippen LogP contribution in [0.2, 0.25) is 0 Å². The van der Waals surface area contributed by atoms with Crippen molar-refractivity contribution in [2.24, 2.45) is 7.05 Å². The minimum absolute atomic E-state index is 0.0902. The molecular weight excluding hydrogens is 363 g/mol. The van der Waals surface area contributed by atoms with E-state index >= 15 is 0 Å². The fourth-order valence-corrected chi connectivity index (χ4v) is 3.48. The monoisotopic (exact) mass is 376 g/mol. The molecule has 118 valence electrons. The van der Waals surface area contributed by atoms with Crippen molar-refractivity contribution >= 4 is 32.4 Å². The van der Waals surface area contributed by atoms with Crippen molar-refractivity contribution in [3.63, 3.8) is 0 Å². The van der Waals surface area contributed by atoms with E-state index in [9.17, 15) is 9.18 Å². The largest absolute Gasteiger partial charge is 0.362 e. The molecule has 4 rings (SSSR count). The van der Waals surface area contributed by atoms with Crippen LogP contribution in [0.25, 0.3) is 10.8 Å². The fraction of sp³-hybridized carbons (Fsp3) is 0.250. The zero-order valence-electron chi connectivity index (χ0n) is 12.5. The molecule has 0 amide bonds. The first-order chi connectivity index (χ1) is 11.0. The van der Waals surface area contributed by atoms with E-state index in [0.29, 0.717) is 25.0 Å². The Hall–Kier alpha value is -2.15. The molecule has 0 saturated heterocycles. The molecule has 3 aromatic rings. The zero-order chi connectivity index (χ0) is 16.1. The molecule has 0 fully saturated rings. The number of anilines is 1. The van der Waals surface area contributed by atoms with Gasteiger partial charge in [-0.1, -0.05) is 22.0 Å². The van der Waals surface area contributed by atoms with Crippen LogP contribution in [0, 0.1) is 5.82 Å². The predicted octanol–water partition coefficient (Wildman–Crippen LogP) is 2.66. The smallest absolute Gasteiger partial charge is 0.345 e. The van der Waals surface area contributed by atoms with Crippen LogP contribution in [0.15, 0.2) is 39.6 Å². The molecule has 1 aliphatic heterocycles. The number of halogens is 2. The van der Waals surface area contributed by atoms with Gasteiger partial charge in [0.2, 0.25) is 0 Å². The summed E-state index contributed by atoms with van der Waals surface area (Å²) in [4.78, 5) is 14.1. The molecule has 1 aromatic heterocycles. The van der Waals surface area contributed by atoms with Crippen molar-refractivity contribution in [2.45, 2.75) is 13.1 Å². The molecule has 2 heterocycles. The van der Waals surface area contributed by atoms with Gasteiger partial charge in [0.1, 0.15) is 5.82 Å². The van der Waals surface area contributed by atoms with Crippen LogP contribution in [-0.4, -0.2) is 20.9 Å². The fourth-order valence-electron chi connectivity index (χ4n) is 3.12. The van der Waals surface area contributed by atoms with Crippen LogP contribution in [0.1, 0.15) is 5.82 Å². The van der Waals surface area contributed by atoms with Crippen molar-refractivity contribution in [1.29, 1.82) is 0 Å². The highest BCUT2D eigenvalue weighted by atomic mass is 79.9. The van der Waals surface area contributed by atoms with E-state index in [1.165, 1.54) is 10.7 Å². The maximum atomic E-state index is 14.1. The lowest BCUT2D eigenvalue weighted by atomic mass is 10.1. The standard InChI is InChI=1S/C16H14BrFN4O/c1-20-16(23)22-7-6-21(9-15(22)19-20)14-5-4-13(18)12-8-10(17)2-3-11(12)14/h2-5,8H,6-7,9H2,1H3. The lowest BCUT2D eigenvalue weighted by molar-refractivity contribution is 0.549. The topological polar surface area (TPSA) is 43.1 Å². The molecule has 0 atom stereocenters. The minimum atomic E-state index is -0.239. The Morgan fingerprint density at radius 3 is 2.83 bits per heavy atom. The van der Waals surface area contributed by atoms with Crippen molar-refractivity contribution < 1.29 is 4.39 Å². The Bertz CT molecular complexity index is 978. The Morgan fingerprint density at radius 2 is 2.00 bits per heavy atom. The average molecular weight is 377 g/mol. The van der Waals surface area contributed by atoms with E-state index in [1.807, 2.05) is 12.1 Å². The average Bonchev–Trinajstić information content (AvgIpc) is 2.82. The van der Waals surface area contributed by atoms with E-state index in [1.54, 1.807) is 23.7 Å². The van der Waals surface area contributed by atoms with Gasteiger partial charge in [-0.2, -0.15) is 5.10 Å². The molecule has 23 heavy (non-hydrogen) atoms. The summed E-state index contributed by atoms with van der Waals surface area (Å²) in [6, 6.07) is 8.89. The molecule has 0 N–H and O–H groups in total. The quantitative estimate of drug-likeness (QED) is 0.655. The van der Waals surface area contributed by atoms with Gasteiger partial charge in [-0.25, -0.2) is 13.9 Å². The van der Waals surface area contributed by atoms with E-state index in [0.717, 1.165) is 21.4 Å². The van der Waals surface area contributed by atoms with Gasteiger partial charge in [-0.05, 0) is 24.3 Å². The third kappa shape index (κ3) is 2.26. The lowest BCUT2D eigenvalue weighted by Gasteiger charge is -2.29. The number of benzene rings is 2. The van der Waals surface area contributed by atoms with Crippen molar-refractivity contribution in [3.05, 3.63) is 56.9 Å². The number of rotatable bonds is 1. The van der Waals surface area contributed by atoms with Gasteiger partial charge in [-0.3, -0.25) is 4.57 Å². The van der Waals surface area contributed by atoms with Crippen LogP contribution < -0.4 is 10.6 Å². The molecule has 5 nitrogen and oxygen atoms in total. The third-order valence-electron chi connectivity index (χ3n) is 4.25. The normalized spacial score (nSPS) is 14.3. The second kappa shape index (κ2) is 5.19. The molecule has 0 unspecified atom stereocenters. The van der Waals surface area contributed by atoms with Crippen LogP contribution in [0.5, 0.6) is 0 Å². The first-order valence-electron chi connectivity index (χ1n) is 7.30. The van der Waals surface area contributed by atoms with Gasteiger partial charge < -0.3 is 4.90 Å². The lowest BCUT2D eigenvalue weighted by Crippen LogP contribution is -2.37. The number of aryl methyl sites for hydroxylation is 1. The van der Waals surface area contributed by atoms with Gasteiger partial charge in [-0.15, -0.1) is 0 Å². The van der Waals surface area contributed by atoms with Gasteiger partial charge >= 0.3 is 5.69 Å². The Balaban J connectivity index is 1.81. The summed E-state index contributed by atoms with van der Waals surface area (Å²) in [5.41, 5.74) is 0.866. The van der Waals surface area contributed by atoms with Gasteiger partial charge in [0.25, 0.3) is 0 Å². The summed E-state index contributed by atoms with van der Waals surface area (Å²) < 4.78 is 18.0. The Morgan fingerprint density at radius 1 is 1.17 bits per heavy atom. The SMILES string of the molecule is Cn1nc2n(c1=O)CCN(c1ccc(F)c3cc(Br)ccc13)C2. The van der Waals surface area contributed by atoms with Crippen molar-refractivity contribution in [3.8, 4) is 0 Å². The molecule has 7 heteroatoms. The van der Waals surface area contributed by atoms with Crippen molar-refractivity contribution in [2.75, 3.05) is 11.4 Å². The molecular formula is C16H14BrFN4O. The molecule has 0 bridgehead atoms. The number of hydrogen-bond donors (Lipinski definition) is 0. The van der Waals surface area contributed by atoms with Gasteiger partial charge in [0.05, 0.1) is 6.54 Å². The Kier molecular flexibility index (Phi) is 3.26. The number of aromatic nitrogens is 3. The van der Waals surface area contributed by atoms with Crippen LogP contribution in [-0.2, 0) is 20.1 Å². The maximum absolute atomic E-state index is 14.1. The first kappa shape index (κ1) is 14.4. The molecule has 2 aromatic carbocycles. The summed E-state index contributed by atoms with van der Waals surface area (Å²) >= 11 is 3.39. The summed E-state index contributed by atoms with van der Waals surface area (Å²) in [7, 11) is 1.66. The highest BCUT2D eigenvalue weighted by Gasteiger charge is 2.22. The highest BCUT2D eigenvalue weighted by Crippen LogP contribution is 2.32. The second-order valence-corrected chi connectivity index (χ2v) is 6.57. The summed E-state index contributed by atoms with van der Waals surface area (Å²) in [6.07, 6.45) is 0. The maximum Gasteiger partial charge on any atom is 0.345 e. The predicted molar refractivity (Wildman–Crippen MR) is 90.1 cm³/mol. The van der Waals surface area contributed by atoms with E-state index < -0.39 is 0 Å².